The fourth-order valence-corrected chi connectivity index (χ4v) is 4.75. The fourth-order valence-electron chi connectivity index (χ4n) is 3.24. The van der Waals surface area contributed by atoms with Crippen LogP contribution >= 0.6 is 0 Å². The summed E-state index contributed by atoms with van der Waals surface area (Å²) in [5.74, 6) is 0.181. The Kier molecular flexibility index (Phi) is 7.45. The second kappa shape index (κ2) is 9.91. The van der Waals surface area contributed by atoms with Crippen molar-refractivity contribution < 1.29 is 27.3 Å². The van der Waals surface area contributed by atoms with Crippen LogP contribution in [-0.4, -0.2) is 54.3 Å². The molecule has 1 aromatic carbocycles. The molecule has 1 aliphatic rings. The van der Waals surface area contributed by atoms with Crippen molar-refractivity contribution in [3.8, 4) is 0 Å². The number of hydrogen-bond acceptors (Lipinski definition) is 8. The minimum absolute atomic E-state index is 0.119. The minimum atomic E-state index is -3.53. The third-order valence-electron chi connectivity index (χ3n) is 5.15. The van der Waals surface area contributed by atoms with Gasteiger partial charge in [-0.25, -0.2) is 8.42 Å². The third-order valence-corrected chi connectivity index (χ3v) is 7.07. The van der Waals surface area contributed by atoms with Crippen LogP contribution in [0.15, 0.2) is 33.7 Å². The van der Waals surface area contributed by atoms with Gasteiger partial charge in [-0.3, -0.25) is 9.59 Å². The van der Waals surface area contributed by atoms with Gasteiger partial charge in [0.2, 0.25) is 15.9 Å². The zero-order valence-corrected chi connectivity index (χ0v) is 19.5. The van der Waals surface area contributed by atoms with Crippen molar-refractivity contribution >= 4 is 21.8 Å². The van der Waals surface area contributed by atoms with E-state index in [9.17, 15) is 18.0 Å². The van der Waals surface area contributed by atoms with E-state index in [0.717, 1.165) is 12.8 Å². The van der Waals surface area contributed by atoms with Crippen molar-refractivity contribution in [1.82, 2.24) is 14.4 Å². The maximum atomic E-state index is 12.5. The second-order valence-electron chi connectivity index (χ2n) is 8.83. The molecule has 174 valence electrons. The van der Waals surface area contributed by atoms with Gasteiger partial charge >= 0.3 is 5.97 Å². The van der Waals surface area contributed by atoms with Crippen LogP contribution in [0.4, 0.5) is 0 Å². The number of nitrogens with zero attached hydrogens (tertiary/aromatic N) is 3. The summed E-state index contributed by atoms with van der Waals surface area (Å²) in [7, 11) is -3.53. The maximum Gasteiger partial charge on any atom is 0.306 e. The Morgan fingerprint density at radius 1 is 1.12 bits per heavy atom. The predicted molar refractivity (Wildman–Crippen MR) is 116 cm³/mol. The van der Waals surface area contributed by atoms with Crippen LogP contribution in [0.5, 0.6) is 0 Å². The van der Waals surface area contributed by atoms with Crippen molar-refractivity contribution in [1.29, 1.82) is 0 Å². The maximum absolute atomic E-state index is 12.5. The largest absolute Gasteiger partial charge is 0.457 e. The van der Waals surface area contributed by atoms with Gasteiger partial charge in [0.25, 0.3) is 0 Å². The molecule has 10 heteroatoms. The summed E-state index contributed by atoms with van der Waals surface area (Å²) < 4.78 is 36.8. The average molecular weight is 464 g/mol. The highest BCUT2D eigenvalue weighted by atomic mass is 32.2. The lowest BCUT2D eigenvalue weighted by Gasteiger charge is -2.15. The summed E-state index contributed by atoms with van der Waals surface area (Å²) in [4.78, 5) is 28.7. The van der Waals surface area contributed by atoms with Gasteiger partial charge in [0.05, 0.1) is 4.90 Å². The van der Waals surface area contributed by atoms with Crippen LogP contribution in [0.25, 0.3) is 0 Å². The van der Waals surface area contributed by atoms with Gasteiger partial charge in [-0.05, 0) is 43.5 Å². The number of aryl methyl sites for hydroxylation is 1. The first-order chi connectivity index (χ1) is 15.1. The highest BCUT2D eigenvalue weighted by Crippen LogP contribution is 2.21. The number of carbonyl (C=O) groups is 2. The van der Waals surface area contributed by atoms with E-state index in [0.29, 0.717) is 43.2 Å². The Labute approximate surface area is 188 Å². The Morgan fingerprint density at radius 3 is 2.38 bits per heavy atom. The molecule has 0 aliphatic carbocycles. The van der Waals surface area contributed by atoms with E-state index in [-0.39, 0.29) is 16.7 Å². The number of sulfonamides is 1. The third kappa shape index (κ3) is 6.01. The normalized spacial score (nSPS) is 15.1. The Balaban J connectivity index is 1.44. The van der Waals surface area contributed by atoms with Gasteiger partial charge in [0.15, 0.2) is 18.2 Å². The van der Waals surface area contributed by atoms with Gasteiger partial charge in [-0.1, -0.05) is 25.9 Å². The van der Waals surface area contributed by atoms with E-state index in [1.165, 1.54) is 28.6 Å². The van der Waals surface area contributed by atoms with Crippen molar-refractivity contribution in [2.75, 3.05) is 19.7 Å². The summed E-state index contributed by atoms with van der Waals surface area (Å²) in [6, 6.07) is 5.72. The molecule has 1 saturated heterocycles. The van der Waals surface area contributed by atoms with E-state index < -0.39 is 28.4 Å². The molecule has 1 aliphatic heterocycles. The molecule has 32 heavy (non-hydrogen) atoms. The van der Waals surface area contributed by atoms with Crippen LogP contribution in [0.1, 0.15) is 68.5 Å². The Hall–Kier alpha value is -2.59. The number of aromatic nitrogens is 2. The molecule has 2 aromatic rings. The molecular weight excluding hydrogens is 434 g/mol. The summed E-state index contributed by atoms with van der Waals surface area (Å²) >= 11 is 0. The average Bonchev–Trinajstić information content (AvgIpc) is 3.44. The molecule has 0 amide bonds. The number of Topliss-reactive ketones (excluding diaryl/α,β-unsaturated/α-hetero) is 1. The Morgan fingerprint density at radius 2 is 1.78 bits per heavy atom. The first-order valence-corrected chi connectivity index (χ1v) is 12.1. The first-order valence-electron chi connectivity index (χ1n) is 10.7. The topological polar surface area (TPSA) is 120 Å². The van der Waals surface area contributed by atoms with Crippen LogP contribution in [0, 0.1) is 0 Å². The van der Waals surface area contributed by atoms with Crippen molar-refractivity contribution in [2.24, 2.45) is 0 Å². The van der Waals surface area contributed by atoms with Gasteiger partial charge in [-0.2, -0.15) is 9.29 Å². The number of hydrogen-bond donors (Lipinski definition) is 0. The Bertz CT molecular complexity index is 1050. The number of benzene rings is 1. The van der Waals surface area contributed by atoms with E-state index in [1.807, 2.05) is 20.8 Å². The number of ether oxygens (including phenoxy) is 1. The lowest BCUT2D eigenvalue weighted by atomic mass is 9.96. The zero-order valence-electron chi connectivity index (χ0n) is 18.7. The molecule has 1 fully saturated rings. The molecule has 9 nitrogen and oxygen atoms in total. The quantitative estimate of drug-likeness (QED) is 0.411. The van der Waals surface area contributed by atoms with Crippen molar-refractivity contribution in [3.05, 3.63) is 41.5 Å². The molecule has 0 atom stereocenters. The first kappa shape index (κ1) is 24.1. The molecule has 0 N–H and O–H groups in total. The van der Waals surface area contributed by atoms with Gasteiger partial charge in [-0.15, -0.1) is 0 Å². The van der Waals surface area contributed by atoms with E-state index in [1.54, 1.807) is 0 Å². The molecular formula is C22H29N3O6S. The summed E-state index contributed by atoms with van der Waals surface area (Å²) in [6.07, 6.45) is 2.73. The number of rotatable bonds is 9. The molecule has 0 unspecified atom stereocenters. The molecule has 0 radical (unpaired) electrons. The van der Waals surface area contributed by atoms with Gasteiger partial charge in [0.1, 0.15) is 0 Å². The molecule has 0 spiro atoms. The van der Waals surface area contributed by atoms with Crippen LogP contribution in [0.3, 0.4) is 0 Å². The number of carbonyl (C=O) groups excluding carboxylic acids is 2. The van der Waals surface area contributed by atoms with Crippen LogP contribution in [0.2, 0.25) is 0 Å². The van der Waals surface area contributed by atoms with Crippen molar-refractivity contribution in [2.45, 2.75) is 63.2 Å². The van der Waals surface area contributed by atoms with E-state index in [4.69, 9.17) is 9.26 Å². The van der Waals surface area contributed by atoms with Crippen LogP contribution < -0.4 is 0 Å². The molecule has 3 rings (SSSR count). The summed E-state index contributed by atoms with van der Waals surface area (Å²) in [5, 5.41) is 3.93. The molecule has 0 saturated carbocycles. The monoisotopic (exact) mass is 463 g/mol. The second-order valence-corrected chi connectivity index (χ2v) is 10.8. The lowest BCUT2D eigenvalue weighted by molar-refractivity contribution is -0.142. The fraction of sp³-hybridized carbons (Fsp3) is 0.545. The molecule has 2 heterocycles. The highest BCUT2D eigenvalue weighted by Gasteiger charge is 2.27. The molecule has 1 aromatic heterocycles. The minimum Gasteiger partial charge on any atom is -0.457 e. The predicted octanol–water partition coefficient (Wildman–Crippen LogP) is 2.90. The van der Waals surface area contributed by atoms with E-state index >= 15 is 0 Å². The van der Waals surface area contributed by atoms with Crippen LogP contribution in [-0.2, 0) is 31.4 Å². The van der Waals surface area contributed by atoms with Gasteiger partial charge in [0, 0.05) is 36.9 Å². The summed E-state index contributed by atoms with van der Waals surface area (Å²) in [6.45, 7) is 6.58. The standard InChI is InChI=1S/C22H29N3O6S/c1-22(2,3)21-23-19(31-24-21)7-6-8-20(27)30-15-18(26)16-9-11-17(12-10-16)32(28,29)25-13-4-5-14-25/h9-12H,4-8,13-15H2,1-3H3. The highest BCUT2D eigenvalue weighted by molar-refractivity contribution is 7.89. The van der Waals surface area contributed by atoms with Gasteiger partial charge < -0.3 is 9.26 Å². The van der Waals surface area contributed by atoms with Crippen molar-refractivity contribution in [3.63, 3.8) is 0 Å². The smallest absolute Gasteiger partial charge is 0.306 e. The van der Waals surface area contributed by atoms with E-state index in [2.05, 4.69) is 10.1 Å². The molecule has 0 bridgehead atoms. The lowest BCUT2D eigenvalue weighted by Crippen LogP contribution is -2.27. The summed E-state index contributed by atoms with van der Waals surface area (Å²) in [5.41, 5.74) is 0.0798. The zero-order chi connectivity index (χ0) is 23.4. The number of esters is 1. The SMILES string of the molecule is CC(C)(C)c1noc(CCCC(=O)OCC(=O)c2ccc(S(=O)(=O)N3CCCC3)cc2)n1. The number of ketones is 1.